The highest BCUT2D eigenvalue weighted by atomic mass is 35.5. The number of nitrogens with one attached hydrogen (secondary N) is 2. The Morgan fingerprint density at radius 1 is 1.07 bits per heavy atom. The van der Waals surface area contributed by atoms with Gasteiger partial charge >= 0.3 is 6.18 Å². The molecule has 30 heavy (non-hydrogen) atoms. The molecule has 0 aliphatic rings. The number of nitrogens with zero attached hydrogens (tertiary/aromatic N) is 2. The molecule has 0 aliphatic heterocycles. The van der Waals surface area contributed by atoms with Gasteiger partial charge < -0.3 is 0 Å². The minimum atomic E-state index is -4.75. The highest BCUT2D eigenvalue weighted by Crippen LogP contribution is 2.33. The van der Waals surface area contributed by atoms with E-state index in [1.807, 2.05) is 4.83 Å². The predicted octanol–water partition coefficient (Wildman–Crippen LogP) is 3.09. The number of aromatic nitrogens is 1. The van der Waals surface area contributed by atoms with Gasteiger partial charge in [-0.1, -0.05) is 25.4 Å². The molecule has 2 aromatic rings. The molecule has 0 atom stereocenters. The normalized spacial score (nSPS) is 12.9. The zero-order valence-corrected chi connectivity index (χ0v) is 18.1. The fraction of sp³-hybridized carbons (Fsp3) is 0.312. The highest BCUT2D eigenvalue weighted by molar-refractivity contribution is 7.89. The molecule has 0 saturated carbocycles. The predicted molar refractivity (Wildman–Crippen MR) is 105 cm³/mol. The summed E-state index contributed by atoms with van der Waals surface area (Å²) in [6, 6.07) is 4.30. The van der Waals surface area contributed by atoms with E-state index in [-0.39, 0.29) is 23.8 Å². The molecule has 0 bridgehead atoms. The quantitative estimate of drug-likeness (QED) is 0.555. The number of anilines is 1. The molecule has 2 rings (SSSR count). The monoisotopic (exact) mass is 486 g/mol. The van der Waals surface area contributed by atoms with Gasteiger partial charge in [-0.25, -0.2) is 21.8 Å². The average Bonchev–Trinajstić information content (AvgIpc) is 2.67. The van der Waals surface area contributed by atoms with Crippen LogP contribution in [0.1, 0.15) is 19.4 Å². The summed E-state index contributed by atoms with van der Waals surface area (Å²) in [7, 11) is -8.24. The lowest BCUT2D eigenvalue weighted by molar-refractivity contribution is -0.137. The summed E-state index contributed by atoms with van der Waals surface area (Å²) in [5.74, 6) is -0.0832. The standard InChI is InChI=1S/C16H18ClF3N4O4S2/c1-3-24(4-2)30(27,28)12-6-8-15(21-10-12)22-23-29(25,26)14-9-11(16(18,19)20)5-7-13(14)17/h5-10,23H,3-4H2,1-2H3,(H,21,22). The van der Waals surface area contributed by atoms with E-state index in [1.165, 1.54) is 16.4 Å². The van der Waals surface area contributed by atoms with Crippen molar-refractivity contribution in [3.05, 3.63) is 47.1 Å². The number of sulfonamides is 2. The van der Waals surface area contributed by atoms with Crippen LogP contribution in [0.2, 0.25) is 5.02 Å². The van der Waals surface area contributed by atoms with Crippen molar-refractivity contribution < 1.29 is 30.0 Å². The number of halogens is 4. The summed E-state index contributed by atoms with van der Waals surface area (Å²) < 4.78 is 89.2. The van der Waals surface area contributed by atoms with Crippen molar-refractivity contribution in [1.29, 1.82) is 0 Å². The second-order valence-corrected chi connectivity index (χ2v) is 9.84. The first-order chi connectivity index (χ1) is 13.8. The summed E-state index contributed by atoms with van der Waals surface area (Å²) in [5, 5.41) is -0.411. The van der Waals surface area contributed by atoms with Gasteiger partial charge in [0.2, 0.25) is 10.0 Å². The third-order valence-electron chi connectivity index (χ3n) is 3.94. The van der Waals surface area contributed by atoms with Crippen LogP contribution in [0.25, 0.3) is 0 Å². The van der Waals surface area contributed by atoms with Crippen LogP contribution in [0.3, 0.4) is 0 Å². The molecule has 0 radical (unpaired) electrons. The summed E-state index contributed by atoms with van der Waals surface area (Å²) in [6.07, 6.45) is -3.72. The van der Waals surface area contributed by atoms with Crippen LogP contribution in [-0.4, -0.2) is 39.2 Å². The molecule has 166 valence electrons. The molecule has 1 aromatic carbocycles. The van der Waals surface area contributed by atoms with Gasteiger partial charge in [-0.05, 0) is 30.3 Å². The minimum Gasteiger partial charge on any atom is -0.292 e. The van der Waals surface area contributed by atoms with E-state index in [2.05, 4.69) is 10.4 Å². The Kier molecular flexibility index (Phi) is 7.35. The summed E-state index contributed by atoms with van der Waals surface area (Å²) in [5.41, 5.74) is 1.02. The lowest BCUT2D eigenvalue weighted by Crippen LogP contribution is -2.31. The first kappa shape index (κ1) is 24.3. The van der Waals surface area contributed by atoms with Crippen molar-refractivity contribution in [3.63, 3.8) is 0 Å². The fourth-order valence-electron chi connectivity index (χ4n) is 2.38. The third kappa shape index (κ3) is 5.40. The van der Waals surface area contributed by atoms with Gasteiger partial charge in [0.1, 0.15) is 15.6 Å². The van der Waals surface area contributed by atoms with Crippen molar-refractivity contribution >= 4 is 37.5 Å². The molecule has 0 spiro atoms. The van der Waals surface area contributed by atoms with E-state index in [4.69, 9.17) is 11.6 Å². The van der Waals surface area contributed by atoms with Crippen molar-refractivity contribution in [1.82, 2.24) is 14.1 Å². The number of hydrogen-bond donors (Lipinski definition) is 2. The molecule has 1 heterocycles. The molecular weight excluding hydrogens is 469 g/mol. The Balaban J connectivity index is 2.21. The van der Waals surface area contributed by atoms with Crippen LogP contribution in [0.5, 0.6) is 0 Å². The minimum absolute atomic E-state index is 0.0832. The molecule has 0 saturated heterocycles. The summed E-state index contributed by atoms with van der Waals surface area (Å²) >= 11 is 5.74. The zero-order chi connectivity index (χ0) is 22.7. The first-order valence-electron chi connectivity index (χ1n) is 8.43. The molecule has 0 aliphatic carbocycles. The van der Waals surface area contributed by atoms with Gasteiger partial charge in [-0.15, -0.1) is 4.83 Å². The lowest BCUT2D eigenvalue weighted by atomic mass is 10.2. The first-order valence-corrected chi connectivity index (χ1v) is 11.7. The van der Waals surface area contributed by atoms with E-state index in [0.717, 1.165) is 12.3 Å². The Hall–Kier alpha value is -1.93. The summed E-state index contributed by atoms with van der Waals surface area (Å²) in [6.45, 7) is 3.88. The Bertz CT molecular complexity index is 1100. The van der Waals surface area contributed by atoms with Crippen LogP contribution in [0.4, 0.5) is 19.0 Å². The van der Waals surface area contributed by atoms with Crippen molar-refractivity contribution in [2.24, 2.45) is 0 Å². The molecule has 8 nitrogen and oxygen atoms in total. The summed E-state index contributed by atoms with van der Waals surface area (Å²) in [4.78, 5) is 4.80. The Labute approximate surface area is 177 Å². The second kappa shape index (κ2) is 9.06. The highest BCUT2D eigenvalue weighted by Gasteiger charge is 2.32. The molecule has 2 N–H and O–H groups in total. The molecular formula is C16H18ClF3N4O4S2. The Morgan fingerprint density at radius 2 is 1.70 bits per heavy atom. The van der Waals surface area contributed by atoms with Gasteiger partial charge in [0.25, 0.3) is 10.0 Å². The van der Waals surface area contributed by atoms with Crippen molar-refractivity contribution in [2.75, 3.05) is 18.5 Å². The van der Waals surface area contributed by atoms with Crippen LogP contribution in [-0.2, 0) is 26.2 Å². The molecule has 1 aromatic heterocycles. The van der Waals surface area contributed by atoms with Gasteiger partial charge in [-0.3, -0.25) is 5.43 Å². The smallest absolute Gasteiger partial charge is 0.292 e. The van der Waals surface area contributed by atoms with Crippen LogP contribution < -0.4 is 10.3 Å². The SMILES string of the molecule is CCN(CC)S(=O)(=O)c1ccc(NNS(=O)(=O)c2cc(C(F)(F)F)ccc2Cl)nc1. The second-order valence-electron chi connectivity index (χ2n) is 5.84. The molecule has 14 heteroatoms. The van der Waals surface area contributed by atoms with Gasteiger partial charge in [0.15, 0.2) is 0 Å². The lowest BCUT2D eigenvalue weighted by Gasteiger charge is -2.18. The van der Waals surface area contributed by atoms with Gasteiger partial charge in [0.05, 0.1) is 10.6 Å². The van der Waals surface area contributed by atoms with E-state index in [9.17, 15) is 30.0 Å². The van der Waals surface area contributed by atoms with Crippen LogP contribution in [0, 0.1) is 0 Å². The van der Waals surface area contributed by atoms with E-state index in [0.29, 0.717) is 12.1 Å². The van der Waals surface area contributed by atoms with Crippen molar-refractivity contribution in [3.8, 4) is 0 Å². The molecule has 0 unspecified atom stereocenters. The maximum atomic E-state index is 12.8. The number of alkyl halides is 3. The third-order valence-corrected chi connectivity index (χ3v) is 7.70. The van der Waals surface area contributed by atoms with E-state index in [1.54, 1.807) is 13.8 Å². The molecule has 0 amide bonds. The maximum absolute atomic E-state index is 12.8. The van der Waals surface area contributed by atoms with Crippen LogP contribution in [0.15, 0.2) is 46.3 Å². The van der Waals surface area contributed by atoms with Gasteiger partial charge in [-0.2, -0.15) is 17.5 Å². The average molecular weight is 487 g/mol. The van der Waals surface area contributed by atoms with E-state index >= 15 is 0 Å². The zero-order valence-electron chi connectivity index (χ0n) is 15.7. The topological polar surface area (TPSA) is 108 Å². The molecule has 0 fully saturated rings. The number of pyridine rings is 1. The largest absolute Gasteiger partial charge is 0.416 e. The van der Waals surface area contributed by atoms with Gasteiger partial charge in [0, 0.05) is 19.3 Å². The number of hydrazine groups is 1. The maximum Gasteiger partial charge on any atom is 0.416 e. The Morgan fingerprint density at radius 3 is 2.20 bits per heavy atom. The number of benzene rings is 1. The number of hydrogen-bond acceptors (Lipinski definition) is 6. The van der Waals surface area contributed by atoms with Crippen molar-refractivity contribution in [2.45, 2.75) is 29.8 Å². The number of rotatable bonds is 8. The van der Waals surface area contributed by atoms with Crippen LogP contribution >= 0.6 is 11.6 Å². The van der Waals surface area contributed by atoms with E-state index < -0.39 is 41.7 Å². The fourth-order valence-corrected chi connectivity index (χ4v) is 5.16.